The van der Waals surface area contributed by atoms with Crippen molar-refractivity contribution in [3.8, 4) is 0 Å². The molecule has 0 aliphatic carbocycles. The van der Waals surface area contributed by atoms with Crippen molar-refractivity contribution in [2.24, 2.45) is 0 Å². The van der Waals surface area contributed by atoms with Crippen LogP contribution in [0.2, 0.25) is 0 Å². The molecule has 0 radical (unpaired) electrons. The van der Waals surface area contributed by atoms with E-state index in [1.165, 1.54) is 6.20 Å². The van der Waals surface area contributed by atoms with E-state index in [2.05, 4.69) is 0 Å². The molecule has 0 N–H and O–H groups in total. The number of allylic oxidation sites excluding steroid dienone is 1. The van der Waals surface area contributed by atoms with Crippen molar-refractivity contribution in [1.29, 1.82) is 0 Å². The van der Waals surface area contributed by atoms with E-state index in [1.807, 2.05) is 0 Å². The minimum atomic E-state index is 0.392. The van der Waals surface area contributed by atoms with Gasteiger partial charge in [0.25, 0.3) is 6.20 Å². The number of fused-ring (bicyclic) bond motifs is 1. The molecule has 4 nitrogen and oxygen atoms in total. The minimum Gasteiger partial charge on any atom is -0.0549 e. The quantitative estimate of drug-likeness (QED) is 0.569. The largest absolute Gasteiger partial charge is 0.339 e. The van der Waals surface area contributed by atoms with Gasteiger partial charge in [-0.1, -0.05) is 12.1 Å². The molecule has 4 heteroatoms. The third-order valence-corrected chi connectivity index (χ3v) is 1.96. The molecule has 1 aromatic carbocycles. The topological polar surface area (TPSA) is 40.2 Å². The van der Waals surface area contributed by atoms with Crippen molar-refractivity contribution < 1.29 is 9.52 Å². The van der Waals surface area contributed by atoms with Gasteiger partial charge in [-0.25, -0.2) is 0 Å². The van der Waals surface area contributed by atoms with E-state index in [0.717, 1.165) is 4.76 Å². The summed E-state index contributed by atoms with van der Waals surface area (Å²) in [6.07, 6.45) is 1.27. The van der Waals surface area contributed by atoms with Gasteiger partial charge >= 0.3 is 17.1 Å². The summed E-state index contributed by atoms with van der Waals surface area (Å²) in [4.78, 5) is 22.8. The highest BCUT2D eigenvalue weighted by Crippen LogP contribution is 2.32. The van der Waals surface area contributed by atoms with E-state index in [4.69, 9.17) is 0 Å². The second-order valence-corrected chi connectivity index (χ2v) is 2.88. The fourth-order valence-electron chi connectivity index (χ4n) is 1.30. The normalized spacial score (nSPS) is 15.3. The van der Waals surface area contributed by atoms with Gasteiger partial charge in [-0.3, -0.25) is 0 Å². The summed E-state index contributed by atoms with van der Waals surface area (Å²) in [5, 5.41) is 0. The van der Waals surface area contributed by atoms with Gasteiger partial charge in [0.15, 0.2) is 0 Å². The van der Waals surface area contributed by atoms with Gasteiger partial charge in [-0.15, -0.1) is 0 Å². The van der Waals surface area contributed by atoms with Gasteiger partial charge < -0.3 is 0 Å². The second kappa shape index (κ2) is 2.58. The molecule has 1 heterocycles. The number of benzene rings is 1. The minimum absolute atomic E-state index is 0.392. The predicted molar refractivity (Wildman–Crippen MR) is 46.8 cm³/mol. The van der Waals surface area contributed by atoms with Gasteiger partial charge in [0, 0.05) is 28.9 Å². The standard InChI is InChI=1S/C9H8N2O2/c1-7-6-10(12)8-4-2-3-5-9(8)11(7)13/h2-6H,1H3/q+2. The van der Waals surface area contributed by atoms with Crippen LogP contribution in [0.5, 0.6) is 0 Å². The molecule has 64 valence electrons. The lowest BCUT2D eigenvalue weighted by atomic mass is 10.2. The first-order chi connectivity index (χ1) is 6.20. The van der Waals surface area contributed by atoms with Gasteiger partial charge in [-0.2, -0.15) is 0 Å². The molecule has 0 unspecified atom stereocenters. The molecule has 0 bridgehead atoms. The zero-order valence-electron chi connectivity index (χ0n) is 7.10. The summed E-state index contributed by atoms with van der Waals surface area (Å²) < 4.78 is 1.46. The third kappa shape index (κ3) is 1.07. The number of para-hydroxylation sites is 2. The zero-order chi connectivity index (χ0) is 9.42. The van der Waals surface area contributed by atoms with E-state index in [1.54, 1.807) is 31.2 Å². The molecule has 2 rings (SSSR count). The van der Waals surface area contributed by atoms with Gasteiger partial charge in [0.1, 0.15) is 0 Å². The Balaban J connectivity index is 2.69. The number of nitrogens with zero attached hydrogens (tertiary/aromatic N) is 2. The Morgan fingerprint density at radius 2 is 1.69 bits per heavy atom. The maximum atomic E-state index is 11.4. The lowest BCUT2D eigenvalue weighted by Crippen LogP contribution is -2.09. The maximum Gasteiger partial charge on any atom is 0.339 e. The predicted octanol–water partition coefficient (Wildman–Crippen LogP) is 2.38. The van der Waals surface area contributed by atoms with Crippen LogP contribution >= 0.6 is 0 Å². The smallest absolute Gasteiger partial charge is 0.0549 e. The summed E-state index contributed by atoms with van der Waals surface area (Å²) in [6.45, 7) is 1.60. The van der Waals surface area contributed by atoms with E-state index in [0.29, 0.717) is 21.8 Å². The molecular weight excluding hydrogens is 168 g/mol. The third-order valence-electron chi connectivity index (χ3n) is 1.96. The van der Waals surface area contributed by atoms with E-state index in [9.17, 15) is 9.81 Å². The first-order valence-electron chi connectivity index (χ1n) is 3.91. The van der Waals surface area contributed by atoms with Crippen molar-refractivity contribution in [3.05, 3.63) is 46.0 Å². The van der Waals surface area contributed by atoms with Crippen LogP contribution in [0.1, 0.15) is 6.92 Å². The highest BCUT2D eigenvalue weighted by Gasteiger charge is 2.37. The van der Waals surface area contributed by atoms with Crippen LogP contribution in [0.4, 0.5) is 11.4 Å². The molecule has 0 atom stereocenters. The monoisotopic (exact) mass is 176 g/mol. The summed E-state index contributed by atoms with van der Waals surface area (Å²) in [7, 11) is 0. The number of hydrogen-bond acceptors (Lipinski definition) is 2. The zero-order valence-corrected chi connectivity index (χ0v) is 7.10. The Morgan fingerprint density at radius 1 is 1.08 bits per heavy atom. The molecule has 0 saturated heterocycles. The van der Waals surface area contributed by atoms with E-state index in [-0.39, 0.29) is 0 Å². The second-order valence-electron chi connectivity index (χ2n) is 2.88. The maximum absolute atomic E-state index is 11.4. The Labute approximate surface area is 74.6 Å². The fraction of sp³-hybridized carbons (Fsp3) is 0.111. The molecule has 0 fully saturated rings. The van der Waals surface area contributed by atoms with Crippen LogP contribution in [-0.2, 0) is 0 Å². The lowest BCUT2D eigenvalue weighted by Gasteiger charge is -1.96. The Hall–Kier alpha value is -1.84. The first kappa shape index (κ1) is 7.79. The van der Waals surface area contributed by atoms with Crippen molar-refractivity contribution >= 4 is 11.4 Å². The molecule has 0 spiro atoms. The van der Waals surface area contributed by atoms with Gasteiger partial charge in [-0.05, 0) is 0 Å². The summed E-state index contributed by atoms with van der Waals surface area (Å²) in [5.41, 5.74) is 1.19. The number of nitroso groups, excluding NO2 is 2. The van der Waals surface area contributed by atoms with Crippen molar-refractivity contribution in [1.82, 2.24) is 0 Å². The van der Waals surface area contributed by atoms with Crippen LogP contribution in [0, 0.1) is 9.81 Å². The SMILES string of the molecule is CC1=C[N+](=O)c2ccccc2[N+]1=O. The van der Waals surface area contributed by atoms with E-state index < -0.39 is 0 Å². The van der Waals surface area contributed by atoms with Crippen LogP contribution in [-0.4, -0.2) is 9.52 Å². The average molecular weight is 176 g/mol. The van der Waals surface area contributed by atoms with Crippen LogP contribution in [0.3, 0.4) is 0 Å². The molecule has 0 amide bonds. The molecule has 1 aliphatic rings. The Bertz CT molecular complexity index is 435. The molecule has 0 saturated carbocycles. The summed E-state index contributed by atoms with van der Waals surface area (Å²) in [6, 6.07) is 6.71. The van der Waals surface area contributed by atoms with Crippen LogP contribution in [0.15, 0.2) is 36.2 Å². The summed E-state index contributed by atoms with van der Waals surface area (Å²) in [5.74, 6) is 0. The highest BCUT2D eigenvalue weighted by molar-refractivity contribution is 5.53. The van der Waals surface area contributed by atoms with Crippen LogP contribution in [0.25, 0.3) is 0 Å². The van der Waals surface area contributed by atoms with Gasteiger partial charge in [0.2, 0.25) is 0 Å². The molecule has 13 heavy (non-hydrogen) atoms. The average Bonchev–Trinajstić information content (AvgIpc) is 2.15. The van der Waals surface area contributed by atoms with Crippen molar-refractivity contribution in [3.63, 3.8) is 0 Å². The van der Waals surface area contributed by atoms with Crippen molar-refractivity contribution in [2.45, 2.75) is 6.92 Å². The first-order valence-corrected chi connectivity index (χ1v) is 3.91. The molecule has 0 aromatic heterocycles. The fourth-order valence-corrected chi connectivity index (χ4v) is 1.30. The number of rotatable bonds is 0. The number of hydrogen-bond donors (Lipinski definition) is 0. The Kier molecular flexibility index (Phi) is 1.55. The molecular formula is C9H8N2O2+2. The van der Waals surface area contributed by atoms with Crippen molar-refractivity contribution in [2.75, 3.05) is 0 Å². The molecule has 1 aliphatic heterocycles. The lowest BCUT2D eigenvalue weighted by molar-refractivity contribution is -0.474. The molecule has 1 aromatic rings. The Morgan fingerprint density at radius 3 is 2.38 bits per heavy atom. The summed E-state index contributed by atoms with van der Waals surface area (Å²) >= 11 is 0. The van der Waals surface area contributed by atoms with Gasteiger partial charge in [0.05, 0.1) is 9.52 Å². The van der Waals surface area contributed by atoms with Crippen LogP contribution < -0.4 is 0 Å². The highest BCUT2D eigenvalue weighted by atomic mass is 16.3. The van der Waals surface area contributed by atoms with E-state index >= 15 is 0 Å².